The normalized spacial score (nSPS) is 19.2. The number of nitrogens with zero attached hydrogens (tertiary/aromatic N) is 7. The van der Waals surface area contributed by atoms with Gasteiger partial charge in [0.1, 0.15) is 0 Å². The topological polar surface area (TPSA) is 145 Å². The summed E-state index contributed by atoms with van der Waals surface area (Å²) in [6.45, 7) is 6.35. The Morgan fingerprint density at radius 1 is 1.14 bits per heavy atom. The molecule has 188 valence electrons. The molecule has 11 nitrogen and oxygen atoms in total. The van der Waals surface area contributed by atoms with Gasteiger partial charge in [-0.25, -0.2) is 19.6 Å². The van der Waals surface area contributed by atoms with Gasteiger partial charge in [-0.05, 0) is 45.0 Å². The zero-order valence-corrected chi connectivity index (χ0v) is 20.7. The molecule has 4 aromatic rings. The van der Waals surface area contributed by atoms with Crippen LogP contribution in [-0.2, 0) is 10.3 Å². The van der Waals surface area contributed by atoms with Crippen LogP contribution in [0, 0.1) is 11.8 Å². The zero-order valence-electron chi connectivity index (χ0n) is 20.7. The Hall–Kier alpha value is -4.40. The quantitative estimate of drug-likeness (QED) is 0.403. The van der Waals surface area contributed by atoms with Crippen molar-refractivity contribution in [3.8, 4) is 17.7 Å². The van der Waals surface area contributed by atoms with Crippen molar-refractivity contribution in [2.24, 2.45) is 0 Å². The number of hydrogen-bond donors (Lipinski definition) is 2. The molecule has 0 bridgehead atoms. The van der Waals surface area contributed by atoms with Crippen LogP contribution in [0.5, 0.6) is 0 Å². The Kier molecular flexibility index (Phi) is 6.29. The minimum Gasteiger partial charge on any atom is -0.372 e. The number of amides is 1. The first-order valence-corrected chi connectivity index (χ1v) is 11.8. The summed E-state index contributed by atoms with van der Waals surface area (Å²) in [6, 6.07) is 8.68. The van der Waals surface area contributed by atoms with E-state index < -0.39 is 5.60 Å². The molecule has 3 aromatic heterocycles. The molecule has 1 aliphatic heterocycles. The maximum absolute atomic E-state index is 13.6. The van der Waals surface area contributed by atoms with Gasteiger partial charge in [-0.15, -0.1) is 0 Å². The maximum atomic E-state index is 13.6. The molecular formula is C26H26N8O3. The summed E-state index contributed by atoms with van der Waals surface area (Å²) < 4.78 is 7.34. The summed E-state index contributed by atoms with van der Waals surface area (Å²) in [5.41, 5.74) is 5.76. The van der Waals surface area contributed by atoms with E-state index in [0.717, 1.165) is 0 Å². The van der Waals surface area contributed by atoms with E-state index in [1.165, 1.54) is 13.1 Å². The Morgan fingerprint density at radius 3 is 2.57 bits per heavy atom. The fraction of sp³-hybridized carbons (Fsp3) is 0.308. The highest BCUT2D eigenvalue weighted by molar-refractivity contribution is 6.05. The summed E-state index contributed by atoms with van der Waals surface area (Å²) in [6.07, 6.45) is 4.46. The smallest absolute Gasteiger partial charge is 0.275 e. The molecule has 1 aliphatic rings. The van der Waals surface area contributed by atoms with Crippen LogP contribution >= 0.6 is 0 Å². The average Bonchev–Trinajstić information content (AvgIpc) is 3.26. The number of nitrogen functional groups attached to an aromatic ring is 1. The fourth-order valence-corrected chi connectivity index (χ4v) is 4.30. The van der Waals surface area contributed by atoms with Gasteiger partial charge in [0.05, 0.1) is 17.7 Å². The summed E-state index contributed by atoms with van der Waals surface area (Å²) in [5.74, 6) is 6.32. The molecule has 5 rings (SSSR count). The minimum atomic E-state index is -1.55. The largest absolute Gasteiger partial charge is 0.372 e. The van der Waals surface area contributed by atoms with Crippen LogP contribution in [0.4, 0.5) is 5.95 Å². The van der Waals surface area contributed by atoms with Gasteiger partial charge >= 0.3 is 0 Å². The van der Waals surface area contributed by atoms with Crippen LogP contribution in [0.3, 0.4) is 0 Å². The Labute approximate surface area is 213 Å². The molecular weight excluding hydrogens is 472 g/mol. The first kappa shape index (κ1) is 24.3. The van der Waals surface area contributed by atoms with Crippen molar-refractivity contribution in [2.45, 2.75) is 38.6 Å². The number of morpholine rings is 1. The molecule has 4 heterocycles. The number of benzene rings is 1. The summed E-state index contributed by atoms with van der Waals surface area (Å²) >= 11 is 0. The van der Waals surface area contributed by atoms with Gasteiger partial charge in [-0.1, -0.05) is 11.8 Å². The van der Waals surface area contributed by atoms with Crippen molar-refractivity contribution in [3.63, 3.8) is 0 Å². The lowest BCUT2D eigenvalue weighted by Crippen LogP contribution is -2.48. The molecule has 0 spiro atoms. The van der Waals surface area contributed by atoms with Crippen LogP contribution in [-0.4, -0.2) is 70.9 Å². The number of nitrogens with two attached hydrogens (primary N) is 1. The van der Waals surface area contributed by atoms with E-state index in [9.17, 15) is 9.90 Å². The predicted molar refractivity (Wildman–Crippen MR) is 135 cm³/mol. The van der Waals surface area contributed by atoms with Gasteiger partial charge in [0.15, 0.2) is 22.9 Å². The summed E-state index contributed by atoms with van der Waals surface area (Å²) in [7, 11) is 0. The van der Waals surface area contributed by atoms with E-state index in [0.29, 0.717) is 35.4 Å². The molecule has 0 radical (unpaired) electrons. The number of fused-ring (bicyclic) bond motifs is 1. The van der Waals surface area contributed by atoms with Gasteiger partial charge in [0, 0.05) is 48.7 Å². The van der Waals surface area contributed by atoms with Crippen molar-refractivity contribution in [2.75, 3.05) is 18.8 Å². The molecule has 11 heteroatoms. The number of rotatable bonds is 3. The van der Waals surface area contributed by atoms with Crippen LogP contribution in [0.1, 0.15) is 42.6 Å². The van der Waals surface area contributed by atoms with E-state index in [4.69, 9.17) is 10.5 Å². The monoisotopic (exact) mass is 498 g/mol. The van der Waals surface area contributed by atoms with E-state index in [2.05, 4.69) is 36.9 Å². The number of carbonyl (C=O) groups is 1. The molecule has 3 N–H and O–H groups in total. The highest BCUT2D eigenvalue weighted by Crippen LogP contribution is 2.25. The van der Waals surface area contributed by atoms with Crippen LogP contribution in [0.2, 0.25) is 0 Å². The molecule has 1 saturated heterocycles. The van der Waals surface area contributed by atoms with Crippen LogP contribution in [0.25, 0.3) is 16.7 Å². The number of ether oxygens (including phenoxy) is 1. The Morgan fingerprint density at radius 2 is 1.86 bits per heavy atom. The second-order valence-corrected chi connectivity index (χ2v) is 9.13. The number of aromatic nitrogens is 6. The number of carbonyl (C=O) groups excluding carboxylic acids is 1. The van der Waals surface area contributed by atoms with Crippen molar-refractivity contribution in [1.29, 1.82) is 0 Å². The van der Waals surface area contributed by atoms with Gasteiger partial charge in [-0.2, -0.15) is 10.1 Å². The third kappa shape index (κ3) is 4.97. The Balaban J connectivity index is 1.59. The first-order valence-electron chi connectivity index (χ1n) is 11.8. The lowest BCUT2D eigenvalue weighted by molar-refractivity contribution is -0.0587. The summed E-state index contributed by atoms with van der Waals surface area (Å²) in [4.78, 5) is 31.8. The van der Waals surface area contributed by atoms with E-state index in [1.807, 2.05) is 13.8 Å². The molecule has 1 aromatic carbocycles. The Bertz CT molecular complexity index is 1510. The lowest BCUT2D eigenvalue weighted by atomic mass is 10.1. The number of aliphatic hydroxyl groups is 1. The van der Waals surface area contributed by atoms with Gasteiger partial charge in [0.25, 0.3) is 5.91 Å². The SMILES string of the molecule is CC1CN(C(=O)c2nn(-c3ccnc(N)n3)c3cc(C#CC(C)(O)c4ncccn4)ccc23)CC(C)O1. The van der Waals surface area contributed by atoms with Crippen molar-refractivity contribution in [1.82, 2.24) is 34.6 Å². The van der Waals surface area contributed by atoms with E-state index >= 15 is 0 Å². The number of hydrogen-bond acceptors (Lipinski definition) is 9. The third-order valence-electron chi connectivity index (χ3n) is 5.92. The third-order valence-corrected chi connectivity index (χ3v) is 5.92. The van der Waals surface area contributed by atoms with Crippen molar-refractivity contribution >= 4 is 22.8 Å². The predicted octanol–water partition coefficient (Wildman–Crippen LogP) is 1.70. The van der Waals surface area contributed by atoms with Crippen molar-refractivity contribution in [3.05, 3.63) is 66.0 Å². The highest BCUT2D eigenvalue weighted by Gasteiger charge is 2.30. The maximum Gasteiger partial charge on any atom is 0.275 e. The number of anilines is 1. The molecule has 0 aliphatic carbocycles. The summed E-state index contributed by atoms with van der Waals surface area (Å²) in [5, 5.41) is 16.1. The van der Waals surface area contributed by atoms with Gasteiger partial charge < -0.3 is 20.5 Å². The average molecular weight is 499 g/mol. The van der Waals surface area contributed by atoms with Gasteiger partial charge in [-0.3, -0.25) is 4.79 Å². The van der Waals surface area contributed by atoms with E-state index in [1.54, 1.807) is 52.3 Å². The molecule has 3 atom stereocenters. The molecule has 1 fully saturated rings. The second kappa shape index (κ2) is 9.57. The highest BCUT2D eigenvalue weighted by atomic mass is 16.5. The fourth-order valence-electron chi connectivity index (χ4n) is 4.30. The minimum absolute atomic E-state index is 0.0778. The molecule has 37 heavy (non-hydrogen) atoms. The van der Waals surface area contributed by atoms with Gasteiger partial charge in [0.2, 0.25) is 5.95 Å². The van der Waals surface area contributed by atoms with E-state index in [-0.39, 0.29) is 35.6 Å². The lowest BCUT2D eigenvalue weighted by Gasteiger charge is -2.34. The first-order chi connectivity index (χ1) is 17.7. The second-order valence-electron chi connectivity index (χ2n) is 9.13. The molecule has 3 unspecified atom stereocenters. The standard InChI is InChI=1S/C26H26N8O3/c1-16-14-33(15-17(2)37-16)23(35)22-19-6-5-18(7-9-26(3,36)24-28-10-4-11-29-24)13-20(19)34(32-22)21-8-12-30-25(27)31-21/h4-6,8,10-13,16-17,36H,14-15H2,1-3H3,(H2,27,30,31). The molecule has 1 amide bonds. The molecule has 0 saturated carbocycles. The zero-order chi connectivity index (χ0) is 26.2. The van der Waals surface area contributed by atoms with Crippen molar-refractivity contribution < 1.29 is 14.6 Å². The van der Waals surface area contributed by atoms with Crippen LogP contribution < -0.4 is 5.73 Å². The van der Waals surface area contributed by atoms with Crippen LogP contribution in [0.15, 0.2) is 48.9 Å².